The molecule has 12 rings (SSSR count). The van der Waals surface area contributed by atoms with E-state index in [0.29, 0.717) is 0 Å². The van der Waals surface area contributed by atoms with Crippen molar-refractivity contribution in [2.24, 2.45) is 4.99 Å². The first-order valence-corrected chi connectivity index (χ1v) is 19.4. The van der Waals surface area contributed by atoms with Crippen molar-refractivity contribution in [3.8, 4) is 44.5 Å². The summed E-state index contributed by atoms with van der Waals surface area (Å²) in [5.41, 5.74) is 26.4. The zero-order valence-electron chi connectivity index (χ0n) is 31.1. The highest BCUT2D eigenvalue weighted by Crippen LogP contribution is 2.64. The second-order valence-corrected chi connectivity index (χ2v) is 15.9. The van der Waals surface area contributed by atoms with Crippen LogP contribution in [-0.4, -0.2) is 12.8 Å². The van der Waals surface area contributed by atoms with Gasteiger partial charge in [-0.1, -0.05) is 169 Å². The lowest BCUT2D eigenvalue weighted by molar-refractivity contribution is 0.792. The highest BCUT2D eigenvalue weighted by molar-refractivity contribution is 6.14. The summed E-state index contributed by atoms with van der Waals surface area (Å²) in [6.07, 6.45) is 0. The maximum Gasteiger partial charge on any atom is 0.0725 e. The van der Waals surface area contributed by atoms with Gasteiger partial charge in [0.1, 0.15) is 0 Å². The van der Waals surface area contributed by atoms with Crippen LogP contribution in [0.5, 0.6) is 0 Å². The zero-order valence-corrected chi connectivity index (χ0v) is 31.1. The van der Waals surface area contributed by atoms with Crippen molar-refractivity contribution in [3.63, 3.8) is 0 Å². The number of hydrogen-bond donors (Lipinski definition) is 0. The minimum atomic E-state index is -0.405. The Morgan fingerprint density at radius 1 is 0.327 bits per heavy atom. The van der Waals surface area contributed by atoms with Gasteiger partial charge in [0.2, 0.25) is 0 Å². The molecule has 0 unspecified atom stereocenters. The monoisotopic (exact) mass is 699 g/mol. The minimum Gasteiger partial charge on any atom is -0.287 e. The molecule has 0 heterocycles. The Morgan fingerprint density at radius 3 is 0.964 bits per heavy atom. The molecule has 1 heteroatoms. The van der Waals surface area contributed by atoms with Crippen molar-refractivity contribution in [1.82, 2.24) is 0 Å². The lowest BCUT2D eigenvalue weighted by Crippen LogP contribution is -2.26. The number of fused-ring (bicyclic) bond motifs is 20. The van der Waals surface area contributed by atoms with E-state index in [4.69, 9.17) is 4.99 Å². The summed E-state index contributed by atoms with van der Waals surface area (Å²) in [7, 11) is 1.96. The molecule has 0 radical (unpaired) electrons. The van der Waals surface area contributed by atoms with E-state index in [2.05, 4.69) is 184 Å². The van der Waals surface area contributed by atoms with Gasteiger partial charge in [0.15, 0.2) is 0 Å². The van der Waals surface area contributed by atoms with E-state index < -0.39 is 10.8 Å². The van der Waals surface area contributed by atoms with Gasteiger partial charge in [-0.25, -0.2) is 0 Å². The van der Waals surface area contributed by atoms with E-state index in [1.807, 2.05) is 7.05 Å². The average molecular weight is 700 g/mol. The molecule has 0 bridgehead atoms. The van der Waals surface area contributed by atoms with E-state index in [1.165, 1.54) is 100 Å². The van der Waals surface area contributed by atoms with E-state index in [0.717, 1.165) is 16.8 Å². The number of aliphatic imine (C=N–C) groups is 1. The van der Waals surface area contributed by atoms with Crippen LogP contribution >= 0.6 is 0 Å². The largest absolute Gasteiger partial charge is 0.287 e. The van der Waals surface area contributed by atoms with Crippen LogP contribution in [0.2, 0.25) is 0 Å². The summed E-state index contributed by atoms with van der Waals surface area (Å²) < 4.78 is 0. The normalized spacial score (nSPS) is 14.7. The Bertz CT molecular complexity index is 2740. The van der Waals surface area contributed by atoms with E-state index in [9.17, 15) is 0 Å². The number of benzene rings is 8. The first kappa shape index (κ1) is 30.8. The van der Waals surface area contributed by atoms with Crippen molar-refractivity contribution in [2.45, 2.75) is 24.7 Å². The maximum absolute atomic E-state index is 5.13. The van der Waals surface area contributed by atoms with Gasteiger partial charge in [0, 0.05) is 18.2 Å². The number of hydrogen-bond acceptors (Lipinski definition) is 1. The molecular weight excluding hydrogens is 663 g/mol. The van der Waals surface area contributed by atoms with E-state index in [-0.39, 0.29) is 0 Å². The SMILES string of the molecule is CN=C(c1ccc2c(c1)C1(c3ccccc3-c3ccccc31)c1cc(C)ccc1-2)c1ccc2c(c1)C1(c3ccccc3-c3ccccc31)c1cc(C)ccc1-2. The Hall–Kier alpha value is -6.57. The zero-order chi connectivity index (χ0) is 36.6. The molecule has 8 aromatic rings. The third-order valence-electron chi connectivity index (χ3n) is 13.3. The first-order chi connectivity index (χ1) is 27.0. The van der Waals surface area contributed by atoms with E-state index in [1.54, 1.807) is 0 Å². The fraction of sp³-hybridized carbons (Fsp3) is 0.0926. The summed E-state index contributed by atoms with van der Waals surface area (Å²) in [5, 5.41) is 0. The minimum absolute atomic E-state index is 0.405. The molecule has 0 atom stereocenters. The van der Waals surface area contributed by atoms with Crippen LogP contribution in [0.1, 0.15) is 66.8 Å². The summed E-state index contributed by atoms with van der Waals surface area (Å²) in [6.45, 7) is 4.44. The highest BCUT2D eigenvalue weighted by atomic mass is 14.7. The molecule has 0 saturated heterocycles. The van der Waals surface area contributed by atoms with Crippen molar-refractivity contribution in [2.75, 3.05) is 7.05 Å². The van der Waals surface area contributed by atoms with Gasteiger partial charge in [0.25, 0.3) is 0 Å². The summed E-state index contributed by atoms with van der Waals surface area (Å²) in [6, 6.07) is 64.5. The van der Waals surface area contributed by atoms with Gasteiger partial charge in [-0.3, -0.25) is 4.99 Å². The van der Waals surface area contributed by atoms with Crippen LogP contribution in [0, 0.1) is 13.8 Å². The predicted octanol–water partition coefficient (Wildman–Crippen LogP) is 12.5. The van der Waals surface area contributed by atoms with Crippen LogP contribution < -0.4 is 0 Å². The van der Waals surface area contributed by atoms with Gasteiger partial charge in [-0.15, -0.1) is 0 Å². The predicted molar refractivity (Wildman–Crippen MR) is 227 cm³/mol. The molecule has 8 aromatic carbocycles. The molecule has 0 aliphatic heterocycles. The van der Waals surface area contributed by atoms with Gasteiger partial charge in [-0.05, 0) is 115 Å². The van der Waals surface area contributed by atoms with Crippen LogP contribution in [0.15, 0.2) is 175 Å². The molecule has 4 aliphatic rings. The Labute approximate surface area is 322 Å². The van der Waals surface area contributed by atoms with E-state index >= 15 is 0 Å². The Kier molecular flexibility index (Phi) is 6.04. The van der Waals surface area contributed by atoms with Crippen molar-refractivity contribution in [1.29, 1.82) is 0 Å². The summed E-state index contributed by atoms with van der Waals surface area (Å²) in [4.78, 5) is 5.13. The fourth-order valence-corrected chi connectivity index (χ4v) is 11.2. The molecule has 55 heavy (non-hydrogen) atoms. The number of nitrogens with zero attached hydrogens (tertiary/aromatic N) is 1. The first-order valence-electron chi connectivity index (χ1n) is 19.4. The standard InChI is InChI=1S/C54H37N/c1-32-20-24-40-42-26-22-34(30-50(42)53(48(40)28-32)44-16-8-4-12-36(44)37-13-5-9-17-45(37)53)52(55-3)35-23-27-43-41-25-21-33(2)29-49(41)54(51(43)31-35)46-18-10-6-14-38(46)39-15-7-11-19-47(39)54/h4-31H,1-3H3. The van der Waals surface area contributed by atoms with Crippen molar-refractivity contribution < 1.29 is 0 Å². The molecule has 0 aromatic heterocycles. The molecule has 1 nitrogen and oxygen atoms in total. The molecular formula is C54H37N. The molecule has 0 saturated carbocycles. The second kappa shape index (κ2) is 10.8. The number of aryl methyl sites for hydroxylation is 2. The van der Waals surface area contributed by atoms with Crippen LogP contribution in [0.25, 0.3) is 44.5 Å². The third kappa shape index (κ3) is 3.67. The summed E-state index contributed by atoms with van der Waals surface area (Å²) >= 11 is 0. The molecule has 0 N–H and O–H groups in total. The van der Waals surface area contributed by atoms with Crippen molar-refractivity contribution in [3.05, 3.63) is 237 Å². The number of rotatable bonds is 2. The summed E-state index contributed by atoms with van der Waals surface area (Å²) in [5.74, 6) is 0. The van der Waals surface area contributed by atoms with Crippen LogP contribution in [0.3, 0.4) is 0 Å². The molecule has 0 fully saturated rings. The lowest BCUT2D eigenvalue weighted by atomic mass is 9.69. The smallest absolute Gasteiger partial charge is 0.0725 e. The molecule has 2 spiro atoms. The van der Waals surface area contributed by atoms with Gasteiger partial charge < -0.3 is 0 Å². The Balaban J connectivity index is 1.10. The highest BCUT2D eigenvalue weighted by Gasteiger charge is 2.53. The van der Waals surface area contributed by atoms with Gasteiger partial charge in [-0.2, -0.15) is 0 Å². The van der Waals surface area contributed by atoms with Gasteiger partial charge in [0.05, 0.1) is 16.5 Å². The Morgan fingerprint density at radius 2 is 0.618 bits per heavy atom. The topological polar surface area (TPSA) is 12.4 Å². The lowest BCUT2D eigenvalue weighted by Gasteiger charge is -2.31. The fourth-order valence-electron chi connectivity index (χ4n) is 11.2. The second-order valence-electron chi connectivity index (χ2n) is 15.9. The van der Waals surface area contributed by atoms with Gasteiger partial charge >= 0.3 is 0 Å². The molecule has 258 valence electrons. The van der Waals surface area contributed by atoms with Crippen molar-refractivity contribution >= 4 is 5.71 Å². The third-order valence-corrected chi connectivity index (χ3v) is 13.3. The van der Waals surface area contributed by atoms with Crippen LogP contribution in [0.4, 0.5) is 0 Å². The molecule has 0 amide bonds. The van der Waals surface area contributed by atoms with Crippen LogP contribution in [-0.2, 0) is 10.8 Å². The quantitative estimate of drug-likeness (QED) is 0.159. The molecule has 4 aliphatic carbocycles. The average Bonchev–Trinajstić information content (AvgIpc) is 3.89. The maximum atomic E-state index is 5.13.